The highest BCUT2D eigenvalue weighted by atomic mass is 32.2. The van der Waals surface area contributed by atoms with Crippen LogP contribution < -0.4 is 15.4 Å². The van der Waals surface area contributed by atoms with E-state index in [0.29, 0.717) is 36.7 Å². The topological polar surface area (TPSA) is 105 Å². The summed E-state index contributed by atoms with van der Waals surface area (Å²) in [6.07, 6.45) is 1.73. The molecule has 0 unspecified atom stereocenters. The van der Waals surface area contributed by atoms with Gasteiger partial charge >= 0.3 is 0 Å². The van der Waals surface area contributed by atoms with Crippen molar-refractivity contribution in [3.63, 3.8) is 0 Å². The van der Waals surface area contributed by atoms with Gasteiger partial charge in [0.25, 0.3) is 5.91 Å². The number of rotatable bonds is 9. The number of carbonyl (C=O) groups excluding carboxylic acids is 2. The van der Waals surface area contributed by atoms with E-state index in [9.17, 15) is 18.0 Å². The average Bonchev–Trinajstić information content (AvgIpc) is 3.34. The standard InChI is InChI=1S/C24H31N3O5S/c1-4-32-20-11-7-18(8-12-20)23(28)26-22(17(2)3)24(29)25-19-9-13-21(14-10-19)33(30,31)27-15-5-6-16-27/h7-14,17,22H,4-6,15-16H2,1-3H3,(H,25,29)(H,26,28)/t22-/m0/s1. The van der Waals surface area contributed by atoms with Gasteiger partial charge in [-0.05, 0) is 74.2 Å². The van der Waals surface area contributed by atoms with Crippen LogP contribution in [0.4, 0.5) is 5.69 Å². The molecule has 1 fully saturated rings. The first-order chi connectivity index (χ1) is 15.7. The molecule has 0 bridgehead atoms. The van der Waals surface area contributed by atoms with Gasteiger partial charge in [-0.25, -0.2) is 8.42 Å². The minimum atomic E-state index is -3.51. The van der Waals surface area contributed by atoms with Gasteiger partial charge in [0.05, 0.1) is 11.5 Å². The zero-order chi connectivity index (χ0) is 24.0. The minimum Gasteiger partial charge on any atom is -0.494 e. The lowest BCUT2D eigenvalue weighted by atomic mass is 10.0. The van der Waals surface area contributed by atoms with Crippen LogP contribution >= 0.6 is 0 Å². The van der Waals surface area contributed by atoms with Crippen LogP contribution in [0.25, 0.3) is 0 Å². The predicted octanol–water partition coefficient (Wildman–Crippen LogP) is 3.26. The maximum absolute atomic E-state index is 12.9. The van der Waals surface area contributed by atoms with E-state index in [1.54, 1.807) is 36.4 Å². The van der Waals surface area contributed by atoms with Crippen molar-refractivity contribution in [3.05, 3.63) is 54.1 Å². The van der Waals surface area contributed by atoms with Crippen LogP contribution in [-0.2, 0) is 14.8 Å². The van der Waals surface area contributed by atoms with Gasteiger partial charge in [0.2, 0.25) is 15.9 Å². The summed E-state index contributed by atoms with van der Waals surface area (Å²) >= 11 is 0. The fraction of sp³-hybridized carbons (Fsp3) is 0.417. The molecule has 9 heteroatoms. The molecule has 1 saturated heterocycles. The fourth-order valence-corrected chi connectivity index (χ4v) is 5.15. The van der Waals surface area contributed by atoms with E-state index in [2.05, 4.69) is 10.6 Å². The molecule has 1 atom stereocenters. The number of carbonyl (C=O) groups is 2. The number of amides is 2. The molecule has 33 heavy (non-hydrogen) atoms. The number of nitrogens with one attached hydrogen (secondary N) is 2. The molecule has 2 N–H and O–H groups in total. The van der Waals surface area contributed by atoms with Crippen LogP contribution in [0.2, 0.25) is 0 Å². The first-order valence-electron chi connectivity index (χ1n) is 11.2. The van der Waals surface area contributed by atoms with Crippen LogP contribution in [0.3, 0.4) is 0 Å². The highest BCUT2D eigenvalue weighted by Gasteiger charge is 2.28. The van der Waals surface area contributed by atoms with E-state index < -0.39 is 16.1 Å². The first kappa shape index (κ1) is 24.7. The fourth-order valence-electron chi connectivity index (χ4n) is 3.64. The van der Waals surface area contributed by atoms with E-state index in [1.165, 1.54) is 16.4 Å². The first-order valence-corrected chi connectivity index (χ1v) is 12.6. The van der Waals surface area contributed by atoms with Gasteiger partial charge in [-0.2, -0.15) is 4.31 Å². The molecular formula is C24H31N3O5S. The Morgan fingerprint density at radius 1 is 1.00 bits per heavy atom. The number of hydrogen-bond donors (Lipinski definition) is 2. The quantitative estimate of drug-likeness (QED) is 0.582. The Hall–Kier alpha value is -2.91. The number of benzene rings is 2. The second-order valence-corrected chi connectivity index (χ2v) is 10.2. The molecule has 1 heterocycles. The van der Waals surface area contributed by atoms with Gasteiger partial charge in [0, 0.05) is 24.3 Å². The van der Waals surface area contributed by atoms with Crippen LogP contribution in [-0.4, -0.2) is 50.3 Å². The largest absolute Gasteiger partial charge is 0.494 e. The highest BCUT2D eigenvalue weighted by Crippen LogP contribution is 2.22. The third-order valence-corrected chi connectivity index (χ3v) is 7.40. The lowest BCUT2D eigenvalue weighted by Gasteiger charge is -2.22. The maximum Gasteiger partial charge on any atom is 0.251 e. The van der Waals surface area contributed by atoms with Crippen molar-refractivity contribution in [1.29, 1.82) is 0 Å². The van der Waals surface area contributed by atoms with Crippen LogP contribution in [0.1, 0.15) is 44.0 Å². The summed E-state index contributed by atoms with van der Waals surface area (Å²) in [7, 11) is -3.51. The lowest BCUT2D eigenvalue weighted by molar-refractivity contribution is -0.118. The van der Waals surface area contributed by atoms with Crippen LogP contribution in [0, 0.1) is 5.92 Å². The van der Waals surface area contributed by atoms with Gasteiger partial charge in [-0.3, -0.25) is 9.59 Å². The number of ether oxygens (including phenoxy) is 1. The summed E-state index contributed by atoms with van der Waals surface area (Å²) in [4.78, 5) is 25.7. The Labute approximate surface area is 195 Å². The molecule has 178 valence electrons. The van der Waals surface area contributed by atoms with Crippen molar-refractivity contribution in [1.82, 2.24) is 9.62 Å². The van der Waals surface area contributed by atoms with Gasteiger partial charge in [0.1, 0.15) is 11.8 Å². The summed E-state index contributed by atoms with van der Waals surface area (Å²) in [6, 6.07) is 12.1. The van der Waals surface area contributed by atoms with Crippen molar-refractivity contribution in [2.24, 2.45) is 5.92 Å². The monoisotopic (exact) mass is 473 g/mol. The Morgan fingerprint density at radius 3 is 2.15 bits per heavy atom. The molecule has 0 aromatic heterocycles. The molecule has 0 spiro atoms. The third kappa shape index (κ3) is 6.11. The van der Waals surface area contributed by atoms with Crippen molar-refractivity contribution in [3.8, 4) is 5.75 Å². The van der Waals surface area contributed by atoms with Gasteiger partial charge in [0.15, 0.2) is 0 Å². The average molecular weight is 474 g/mol. The minimum absolute atomic E-state index is 0.161. The molecule has 0 radical (unpaired) electrons. The second kappa shape index (κ2) is 10.8. The zero-order valence-electron chi connectivity index (χ0n) is 19.2. The van der Waals surface area contributed by atoms with E-state index in [4.69, 9.17) is 4.74 Å². The van der Waals surface area contributed by atoms with E-state index >= 15 is 0 Å². The Bertz CT molecular complexity index is 1060. The number of nitrogens with zero attached hydrogens (tertiary/aromatic N) is 1. The number of hydrogen-bond acceptors (Lipinski definition) is 5. The molecular weight excluding hydrogens is 442 g/mol. The van der Waals surface area contributed by atoms with Crippen LogP contribution in [0.15, 0.2) is 53.4 Å². The molecule has 1 aliphatic heterocycles. The van der Waals surface area contributed by atoms with Gasteiger partial charge < -0.3 is 15.4 Å². The Morgan fingerprint density at radius 2 is 1.61 bits per heavy atom. The summed E-state index contributed by atoms with van der Waals surface area (Å²) in [5.41, 5.74) is 0.884. The van der Waals surface area contributed by atoms with Crippen molar-refractivity contribution in [2.75, 3.05) is 25.0 Å². The molecule has 8 nitrogen and oxygen atoms in total. The molecule has 2 aromatic rings. The SMILES string of the molecule is CCOc1ccc(C(=O)N[C@H](C(=O)Nc2ccc(S(=O)(=O)N3CCCC3)cc2)C(C)C)cc1. The Kier molecular flexibility index (Phi) is 8.10. The predicted molar refractivity (Wildman–Crippen MR) is 127 cm³/mol. The van der Waals surface area contributed by atoms with Crippen LogP contribution in [0.5, 0.6) is 5.75 Å². The molecule has 3 rings (SSSR count). The number of anilines is 1. The van der Waals surface area contributed by atoms with Gasteiger partial charge in [-0.15, -0.1) is 0 Å². The third-order valence-electron chi connectivity index (χ3n) is 5.49. The lowest BCUT2D eigenvalue weighted by Crippen LogP contribution is -2.47. The van der Waals surface area contributed by atoms with Crippen molar-refractivity contribution < 1.29 is 22.7 Å². The zero-order valence-corrected chi connectivity index (χ0v) is 20.0. The second-order valence-electron chi connectivity index (χ2n) is 8.28. The van der Waals surface area contributed by atoms with Crippen molar-refractivity contribution >= 4 is 27.5 Å². The molecule has 1 aliphatic rings. The van der Waals surface area contributed by atoms with E-state index in [-0.39, 0.29) is 22.6 Å². The smallest absolute Gasteiger partial charge is 0.251 e. The highest BCUT2D eigenvalue weighted by molar-refractivity contribution is 7.89. The summed E-state index contributed by atoms with van der Waals surface area (Å²) in [5.74, 6) is -0.229. The Balaban J connectivity index is 1.65. The molecule has 0 aliphatic carbocycles. The van der Waals surface area contributed by atoms with Gasteiger partial charge in [-0.1, -0.05) is 13.8 Å². The summed E-state index contributed by atoms with van der Waals surface area (Å²) in [6.45, 7) is 7.16. The summed E-state index contributed by atoms with van der Waals surface area (Å²) in [5, 5.41) is 5.55. The summed E-state index contributed by atoms with van der Waals surface area (Å²) < 4.78 is 32.2. The maximum atomic E-state index is 12.9. The van der Waals surface area contributed by atoms with E-state index in [0.717, 1.165) is 12.8 Å². The molecule has 0 saturated carbocycles. The number of sulfonamides is 1. The normalized spacial score (nSPS) is 15.3. The molecule has 2 amide bonds. The van der Waals surface area contributed by atoms with Crippen molar-refractivity contribution in [2.45, 2.75) is 44.6 Å². The molecule has 2 aromatic carbocycles. The van der Waals surface area contributed by atoms with E-state index in [1.807, 2.05) is 20.8 Å².